The Morgan fingerprint density at radius 2 is 1.79 bits per heavy atom. The lowest BCUT2D eigenvalue weighted by atomic mass is 9.99. The number of thioether (sulfide) groups is 1. The van der Waals surface area contributed by atoms with E-state index in [1.54, 1.807) is 37.5 Å². The zero-order chi connectivity index (χ0) is 23.2. The molecule has 0 fully saturated rings. The summed E-state index contributed by atoms with van der Waals surface area (Å²) < 4.78 is 21.5. The van der Waals surface area contributed by atoms with Gasteiger partial charge in [-0.1, -0.05) is 12.1 Å². The summed E-state index contributed by atoms with van der Waals surface area (Å²) in [5, 5.41) is 0. The van der Waals surface area contributed by atoms with Gasteiger partial charge in [0.25, 0.3) is 5.91 Å². The van der Waals surface area contributed by atoms with Gasteiger partial charge in [-0.3, -0.25) is 4.79 Å². The largest absolute Gasteiger partial charge is 0.493 e. The molecule has 1 amide bonds. The summed E-state index contributed by atoms with van der Waals surface area (Å²) in [6.07, 6.45) is 2.31. The fourth-order valence-corrected chi connectivity index (χ4v) is 4.64. The maximum Gasteiger partial charge on any atom is 0.339 e. The molecule has 33 heavy (non-hydrogen) atoms. The van der Waals surface area contributed by atoms with Crippen molar-refractivity contribution in [1.82, 2.24) is 4.90 Å². The molecule has 1 aliphatic rings. The summed E-state index contributed by atoms with van der Waals surface area (Å²) in [6, 6.07) is 14.8. The molecule has 0 unspecified atom stereocenters. The summed E-state index contributed by atoms with van der Waals surface area (Å²) in [4.78, 5) is 27.9. The van der Waals surface area contributed by atoms with Crippen LogP contribution in [0.15, 0.2) is 64.1 Å². The van der Waals surface area contributed by atoms with Gasteiger partial charge >= 0.3 is 5.97 Å². The first-order chi connectivity index (χ1) is 16.1. The molecule has 0 atom stereocenters. The second-order valence-corrected chi connectivity index (χ2v) is 8.50. The molecule has 0 saturated carbocycles. The molecular weight excluding hydrogens is 442 g/mol. The van der Waals surface area contributed by atoms with Crippen molar-refractivity contribution < 1.29 is 28.2 Å². The van der Waals surface area contributed by atoms with E-state index in [1.165, 1.54) is 11.8 Å². The van der Waals surface area contributed by atoms with E-state index in [4.69, 9.17) is 18.6 Å². The van der Waals surface area contributed by atoms with Crippen molar-refractivity contribution in [3.8, 4) is 11.5 Å². The number of nitrogens with zero attached hydrogens (tertiary/aromatic N) is 1. The van der Waals surface area contributed by atoms with Crippen molar-refractivity contribution in [2.75, 3.05) is 27.4 Å². The highest BCUT2D eigenvalue weighted by Crippen LogP contribution is 2.33. The number of ether oxygens (including phenoxy) is 3. The van der Waals surface area contributed by atoms with Crippen LogP contribution in [0.3, 0.4) is 0 Å². The van der Waals surface area contributed by atoms with Gasteiger partial charge in [0.1, 0.15) is 5.76 Å². The highest BCUT2D eigenvalue weighted by Gasteiger charge is 2.24. The number of methoxy groups -OCH3 is 2. The third-order valence-corrected chi connectivity index (χ3v) is 6.55. The minimum atomic E-state index is -0.519. The Balaban J connectivity index is 1.36. The molecule has 8 heteroatoms. The van der Waals surface area contributed by atoms with Gasteiger partial charge in [0.2, 0.25) is 0 Å². The lowest BCUT2D eigenvalue weighted by Gasteiger charge is -2.29. The van der Waals surface area contributed by atoms with Gasteiger partial charge < -0.3 is 23.5 Å². The quantitative estimate of drug-likeness (QED) is 0.360. The van der Waals surface area contributed by atoms with Gasteiger partial charge in [-0.05, 0) is 53.9 Å². The van der Waals surface area contributed by atoms with Gasteiger partial charge in [0.05, 0.1) is 31.8 Å². The lowest BCUT2D eigenvalue weighted by Crippen LogP contribution is -2.38. The van der Waals surface area contributed by atoms with E-state index in [0.29, 0.717) is 42.3 Å². The second kappa shape index (κ2) is 10.5. The molecule has 0 saturated heterocycles. The molecule has 0 spiro atoms. The van der Waals surface area contributed by atoms with E-state index < -0.39 is 5.97 Å². The minimum Gasteiger partial charge on any atom is -0.493 e. The van der Waals surface area contributed by atoms with E-state index in [-0.39, 0.29) is 12.5 Å². The molecule has 0 bridgehead atoms. The number of rotatable bonds is 8. The van der Waals surface area contributed by atoms with Gasteiger partial charge in [-0.15, -0.1) is 11.8 Å². The molecule has 0 N–H and O–H groups in total. The lowest BCUT2D eigenvalue weighted by molar-refractivity contribution is -0.135. The Kier molecular flexibility index (Phi) is 7.24. The number of esters is 1. The number of benzene rings is 2. The zero-order valence-corrected chi connectivity index (χ0v) is 19.4. The number of fused-ring (bicyclic) bond motifs is 1. The average molecular weight is 468 g/mol. The van der Waals surface area contributed by atoms with Crippen molar-refractivity contribution in [2.24, 2.45) is 0 Å². The smallest absolute Gasteiger partial charge is 0.339 e. The molecule has 2 aromatic carbocycles. The molecule has 2 heterocycles. The van der Waals surface area contributed by atoms with Crippen molar-refractivity contribution in [3.05, 3.63) is 77.2 Å². The normalized spacial score (nSPS) is 12.7. The fraction of sp³-hybridized carbons (Fsp3) is 0.280. The highest BCUT2D eigenvalue weighted by atomic mass is 32.2. The van der Waals surface area contributed by atoms with E-state index in [0.717, 1.165) is 21.8 Å². The fourth-order valence-electron chi connectivity index (χ4n) is 3.70. The third kappa shape index (κ3) is 5.34. The number of hydrogen-bond acceptors (Lipinski definition) is 7. The predicted octanol–water partition coefficient (Wildman–Crippen LogP) is 4.33. The van der Waals surface area contributed by atoms with Gasteiger partial charge in [0, 0.05) is 18.0 Å². The molecule has 0 radical (unpaired) electrons. The highest BCUT2D eigenvalue weighted by molar-refractivity contribution is 7.98. The summed E-state index contributed by atoms with van der Waals surface area (Å²) in [5.41, 5.74) is 2.55. The SMILES string of the molecule is COc1cc2c(cc1OC)CN(C(=O)COC(=O)c1ccccc1SCc1ccco1)CC2. The molecular formula is C25H25NO6S. The maximum atomic E-state index is 12.8. The summed E-state index contributed by atoms with van der Waals surface area (Å²) in [7, 11) is 3.19. The summed E-state index contributed by atoms with van der Waals surface area (Å²) >= 11 is 1.48. The van der Waals surface area contributed by atoms with Crippen LogP contribution in [-0.4, -0.2) is 44.1 Å². The predicted molar refractivity (Wildman–Crippen MR) is 124 cm³/mol. The van der Waals surface area contributed by atoms with Gasteiger partial charge in [-0.2, -0.15) is 0 Å². The monoisotopic (exact) mass is 467 g/mol. The maximum absolute atomic E-state index is 12.8. The molecule has 172 valence electrons. The van der Waals surface area contributed by atoms with E-state index in [9.17, 15) is 9.59 Å². The van der Waals surface area contributed by atoms with Crippen LogP contribution in [0.4, 0.5) is 0 Å². The van der Waals surface area contributed by atoms with Gasteiger partial charge in [-0.25, -0.2) is 4.79 Å². The summed E-state index contributed by atoms with van der Waals surface area (Å²) in [6.45, 7) is 0.675. The van der Waals surface area contributed by atoms with Crippen LogP contribution < -0.4 is 9.47 Å². The summed E-state index contributed by atoms with van der Waals surface area (Å²) in [5.74, 6) is 1.96. The Bertz CT molecular complexity index is 1130. The first-order valence-electron chi connectivity index (χ1n) is 10.5. The Morgan fingerprint density at radius 3 is 2.52 bits per heavy atom. The number of furan rings is 1. The number of hydrogen-bond donors (Lipinski definition) is 0. The number of carbonyl (C=O) groups is 2. The van der Waals surface area contributed by atoms with E-state index in [2.05, 4.69) is 0 Å². The first-order valence-corrected chi connectivity index (χ1v) is 11.5. The average Bonchev–Trinajstić information content (AvgIpc) is 3.38. The van der Waals surface area contributed by atoms with Gasteiger partial charge in [0.15, 0.2) is 18.1 Å². The van der Waals surface area contributed by atoms with Crippen molar-refractivity contribution in [3.63, 3.8) is 0 Å². The van der Waals surface area contributed by atoms with Crippen molar-refractivity contribution in [2.45, 2.75) is 23.6 Å². The molecule has 0 aliphatic carbocycles. The topological polar surface area (TPSA) is 78.2 Å². The van der Waals surface area contributed by atoms with Crippen LogP contribution in [0, 0.1) is 0 Å². The van der Waals surface area contributed by atoms with Crippen molar-refractivity contribution in [1.29, 1.82) is 0 Å². The van der Waals surface area contributed by atoms with Crippen LogP contribution in [0.5, 0.6) is 11.5 Å². The third-order valence-electron chi connectivity index (χ3n) is 5.45. The van der Waals surface area contributed by atoms with E-state index in [1.807, 2.05) is 36.4 Å². The molecule has 4 rings (SSSR count). The van der Waals surface area contributed by atoms with Crippen LogP contribution in [0.1, 0.15) is 27.2 Å². The standard InChI is InChI=1S/C25H25NO6S/c1-29-21-12-17-9-10-26(14-18(17)13-22(21)30-2)24(27)15-32-25(28)20-7-3-4-8-23(20)33-16-19-6-5-11-31-19/h3-8,11-13H,9-10,14-16H2,1-2H3. The molecule has 1 aromatic heterocycles. The minimum absolute atomic E-state index is 0.232. The van der Waals surface area contributed by atoms with E-state index >= 15 is 0 Å². The van der Waals surface area contributed by atoms with Crippen molar-refractivity contribution >= 4 is 23.6 Å². The number of amides is 1. The Morgan fingerprint density at radius 1 is 1.03 bits per heavy atom. The molecule has 7 nitrogen and oxygen atoms in total. The van der Waals surface area contributed by atoms with Crippen LogP contribution in [-0.2, 0) is 28.2 Å². The molecule has 1 aliphatic heterocycles. The second-order valence-electron chi connectivity index (χ2n) is 7.48. The van der Waals surface area contributed by atoms with Crippen LogP contribution in [0.2, 0.25) is 0 Å². The first kappa shape index (κ1) is 22.8. The Labute approximate surface area is 196 Å². The molecule has 3 aromatic rings. The Hall–Kier alpha value is -3.39. The van der Waals surface area contributed by atoms with Crippen LogP contribution >= 0.6 is 11.8 Å². The van der Waals surface area contributed by atoms with Crippen LogP contribution in [0.25, 0.3) is 0 Å². The number of carbonyl (C=O) groups excluding carboxylic acids is 2. The zero-order valence-electron chi connectivity index (χ0n) is 18.5.